The first-order chi connectivity index (χ1) is 21.8. The lowest BCUT2D eigenvalue weighted by molar-refractivity contribution is -0.128. The Morgan fingerprint density at radius 3 is 2.57 bits per heavy atom. The number of hydrogen-bond acceptors (Lipinski definition) is 8. The van der Waals surface area contributed by atoms with Gasteiger partial charge in [0.2, 0.25) is 5.91 Å². The summed E-state index contributed by atoms with van der Waals surface area (Å²) in [6.07, 6.45) is 2.96. The predicted octanol–water partition coefficient (Wildman–Crippen LogP) is 5.27. The minimum Gasteiger partial charge on any atom is -0.507 e. The van der Waals surface area contributed by atoms with Crippen molar-refractivity contribution in [1.29, 1.82) is 0 Å². The van der Waals surface area contributed by atoms with Gasteiger partial charge in [0.1, 0.15) is 22.9 Å². The first kappa shape index (κ1) is 31.2. The standard InChI is InChI=1S/C33H34ClFN8O3/c1-8-24(45)41-13-18(5)42(14-17(41)4)30-20-12-21(34)27(26-22(35)10-9-11-23(26)44)38-31(20)43(33(46)39-30)29-19(6)37-32-28(25(29)16(2)3)36-15-40(32)7/h8-12,15-18,44H,1,13-14H2,2-7H3/t17-,18+/m1/s1. The number of pyridine rings is 2. The van der Waals surface area contributed by atoms with E-state index in [1.165, 1.54) is 28.8 Å². The Labute approximate surface area is 269 Å². The van der Waals surface area contributed by atoms with E-state index in [0.29, 0.717) is 46.8 Å². The van der Waals surface area contributed by atoms with E-state index in [9.17, 15) is 14.7 Å². The Hall–Kier alpha value is -4.84. The summed E-state index contributed by atoms with van der Waals surface area (Å²) in [4.78, 5) is 49.4. The predicted molar refractivity (Wildman–Crippen MR) is 176 cm³/mol. The van der Waals surface area contributed by atoms with Crippen molar-refractivity contribution >= 4 is 45.5 Å². The van der Waals surface area contributed by atoms with Gasteiger partial charge >= 0.3 is 5.69 Å². The van der Waals surface area contributed by atoms with Gasteiger partial charge in [-0.05, 0) is 51.0 Å². The number of aryl methyl sites for hydroxylation is 2. The fourth-order valence-electron chi connectivity index (χ4n) is 6.39. The fourth-order valence-corrected chi connectivity index (χ4v) is 6.63. The highest BCUT2D eigenvalue weighted by Gasteiger charge is 2.34. The number of aromatic hydroxyl groups is 1. The molecule has 1 amide bonds. The number of fused-ring (bicyclic) bond motifs is 2. The van der Waals surface area contributed by atoms with E-state index < -0.39 is 11.5 Å². The number of phenols is 1. The van der Waals surface area contributed by atoms with Crippen LogP contribution in [-0.2, 0) is 11.8 Å². The largest absolute Gasteiger partial charge is 0.507 e. The molecule has 5 heterocycles. The quantitative estimate of drug-likeness (QED) is 0.257. The van der Waals surface area contributed by atoms with Crippen LogP contribution in [0, 0.1) is 12.7 Å². The average Bonchev–Trinajstić information content (AvgIpc) is 3.36. The molecule has 238 valence electrons. The van der Waals surface area contributed by atoms with Gasteiger partial charge in [-0.3, -0.25) is 4.79 Å². The number of aromatic nitrogens is 6. The summed E-state index contributed by atoms with van der Waals surface area (Å²) in [6, 6.07) is 5.07. The van der Waals surface area contributed by atoms with Gasteiger partial charge in [-0.15, -0.1) is 0 Å². The highest BCUT2D eigenvalue weighted by Crippen LogP contribution is 2.40. The van der Waals surface area contributed by atoms with Crippen LogP contribution in [0.25, 0.3) is 39.1 Å². The van der Waals surface area contributed by atoms with Crippen LogP contribution in [0.3, 0.4) is 0 Å². The van der Waals surface area contributed by atoms with E-state index in [0.717, 1.165) is 5.56 Å². The maximum atomic E-state index is 15.2. The molecule has 11 nitrogen and oxygen atoms in total. The van der Waals surface area contributed by atoms with Crippen LogP contribution in [0.1, 0.15) is 44.9 Å². The third-order valence-electron chi connectivity index (χ3n) is 8.58. The summed E-state index contributed by atoms with van der Waals surface area (Å²) in [5.41, 5.74) is 2.38. The molecule has 5 aromatic rings. The van der Waals surface area contributed by atoms with Gasteiger partial charge < -0.3 is 19.5 Å². The van der Waals surface area contributed by atoms with Crippen molar-refractivity contribution in [3.8, 4) is 22.7 Å². The van der Waals surface area contributed by atoms with Crippen LogP contribution in [0.4, 0.5) is 10.2 Å². The Morgan fingerprint density at radius 1 is 1.15 bits per heavy atom. The Kier molecular flexibility index (Phi) is 7.79. The third kappa shape index (κ3) is 4.87. The van der Waals surface area contributed by atoms with Crippen LogP contribution in [0.5, 0.6) is 5.75 Å². The molecule has 6 rings (SSSR count). The van der Waals surface area contributed by atoms with Crippen molar-refractivity contribution in [2.45, 2.75) is 52.6 Å². The number of halogens is 2. The molecule has 4 aromatic heterocycles. The van der Waals surface area contributed by atoms with Crippen molar-refractivity contribution in [2.24, 2.45) is 7.05 Å². The molecule has 1 aromatic carbocycles. The SMILES string of the molecule is C=CC(=O)N1C[C@H](C)N(c2nc(=O)n(-c3c(C)nc4c(ncn4C)c3C(C)C)c3nc(-c4c(O)cccc4F)c(Cl)cc23)C[C@H]1C. The molecule has 1 fully saturated rings. The van der Waals surface area contributed by atoms with Crippen LogP contribution >= 0.6 is 11.6 Å². The number of anilines is 1. The minimum absolute atomic E-state index is 0.0338. The number of phenolic OH excluding ortho intramolecular Hbond substituents is 1. The lowest BCUT2D eigenvalue weighted by Gasteiger charge is -2.44. The molecule has 0 aliphatic carbocycles. The Morgan fingerprint density at radius 2 is 1.89 bits per heavy atom. The van der Waals surface area contributed by atoms with Crippen LogP contribution in [-0.4, -0.2) is 70.2 Å². The average molecular weight is 645 g/mol. The van der Waals surface area contributed by atoms with Gasteiger partial charge in [-0.25, -0.2) is 28.7 Å². The first-order valence-electron chi connectivity index (χ1n) is 15.0. The van der Waals surface area contributed by atoms with Crippen molar-refractivity contribution in [3.05, 3.63) is 75.8 Å². The van der Waals surface area contributed by atoms with Gasteiger partial charge in [0, 0.05) is 37.8 Å². The van der Waals surface area contributed by atoms with Crippen molar-refractivity contribution in [2.75, 3.05) is 18.0 Å². The number of rotatable bonds is 5. The van der Waals surface area contributed by atoms with E-state index in [1.807, 2.05) is 44.2 Å². The molecule has 1 aliphatic heterocycles. The number of nitrogens with zero attached hydrogens (tertiary/aromatic N) is 8. The van der Waals surface area contributed by atoms with Crippen molar-refractivity contribution in [3.63, 3.8) is 0 Å². The fraction of sp³-hybridized carbons (Fsp3) is 0.333. The first-order valence-corrected chi connectivity index (χ1v) is 15.3. The molecule has 0 unspecified atom stereocenters. The number of piperazine rings is 1. The highest BCUT2D eigenvalue weighted by molar-refractivity contribution is 6.34. The minimum atomic E-state index is -0.724. The normalized spacial score (nSPS) is 17.0. The second-order valence-corrected chi connectivity index (χ2v) is 12.5. The summed E-state index contributed by atoms with van der Waals surface area (Å²) < 4.78 is 18.4. The maximum absolute atomic E-state index is 15.2. The van der Waals surface area contributed by atoms with E-state index >= 15 is 4.39 Å². The third-order valence-corrected chi connectivity index (χ3v) is 8.87. The van der Waals surface area contributed by atoms with E-state index in [-0.39, 0.29) is 51.6 Å². The molecule has 1 saturated heterocycles. The highest BCUT2D eigenvalue weighted by atomic mass is 35.5. The van der Waals surface area contributed by atoms with Gasteiger partial charge in [0.25, 0.3) is 0 Å². The summed E-state index contributed by atoms with van der Waals surface area (Å²) in [6.45, 7) is 14.0. The molecule has 0 saturated carbocycles. The molecule has 0 spiro atoms. The zero-order valence-corrected chi connectivity index (χ0v) is 27.2. The molecule has 2 atom stereocenters. The molecule has 13 heteroatoms. The van der Waals surface area contributed by atoms with Crippen molar-refractivity contribution < 1.29 is 14.3 Å². The monoisotopic (exact) mass is 644 g/mol. The zero-order valence-electron chi connectivity index (χ0n) is 26.4. The summed E-state index contributed by atoms with van der Waals surface area (Å²) >= 11 is 6.81. The smallest absolute Gasteiger partial charge is 0.355 e. The number of benzene rings is 1. The van der Waals surface area contributed by atoms with Gasteiger partial charge in [-0.1, -0.05) is 38.1 Å². The topological polar surface area (TPSA) is 122 Å². The van der Waals surface area contributed by atoms with E-state index in [2.05, 4.69) is 16.5 Å². The number of carbonyl (C=O) groups is 1. The molecule has 1 aliphatic rings. The van der Waals surface area contributed by atoms with E-state index in [1.54, 1.807) is 24.2 Å². The lowest BCUT2D eigenvalue weighted by atomic mass is 9.99. The second kappa shape index (κ2) is 11.5. The summed E-state index contributed by atoms with van der Waals surface area (Å²) in [5, 5.41) is 11.2. The number of amides is 1. The molecule has 0 bridgehead atoms. The van der Waals surface area contributed by atoms with Gasteiger partial charge in [-0.2, -0.15) is 4.98 Å². The number of imidazole rings is 1. The Bertz CT molecular complexity index is 2100. The lowest BCUT2D eigenvalue weighted by Crippen LogP contribution is -2.58. The zero-order chi connectivity index (χ0) is 33.2. The number of carbonyl (C=O) groups excluding carboxylic acids is 1. The molecule has 1 N–H and O–H groups in total. The number of hydrogen-bond donors (Lipinski definition) is 1. The van der Waals surface area contributed by atoms with E-state index in [4.69, 9.17) is 21.6 Å². The molecular weight excluding hydrogens is 611 g/mol. The van der Waals surface area contributed by atoms with Crippen LogP contribution < -0.4 is 10.6 Å². The summed E-state index contributed by atoms with van der Waals surface area (Å²) in [7, 11) is 1.85. The maximum Gasteiger partial charge on any atom is 0.355 e. The van der Waals surface area contributed by atoms with Gasteiger partial charge in [0.05, 0.1) is 39.4 Å². The second-order valence-electron chi connectivity index (χ2n) is 12.1. The van der Waals surface area contributed by atoms with Crippen LogP contribution in [0.15, 0.2) is 48.0 Å². The van der Waals surface area contributed by atoms with Crippen molar-refractivity contribution in [1.82, 2.24) is 34.0 Å². The molecule has 46 heavy (non-hydrogen) atoms. The Balaban J connectivity index is 1.71. The molecule has 0 radical (unpaired) electrons. The summed E-state index contributed by atoms with van der Waals surface area (Å²) in [5.74, 6) is -1.01. The van der Waals surface area contributed by atoms with Crippen LogP contribution in [0.2, 0.25) is 5.02 Å². The molecular formula is C33H34ClFN8O3. The van der Waals surface area contributed by atoms with Gasteiger partial charge in [0.15, 0.2) is 11.3 Å².